The summed E-state index contributed by atoms with van der Waals surface area (Å²) in [7, 11) is 1.44. The first-order valence-corrected chi connectivity index (χ1v) is 10.4. The van der Waals surface area contributed by atoms with E-state index in [1.807, 2.05) is 36.4 Å². The van der Waals surface area contributed by atoms with Gasteiger partial charge in [0.15, 0.2) is 0 Å². The second-order valence-electron chi connectivity index (χ2n) is 6.59. The minimum Gasteiger partial charge on any atom is -0.487 e. The lowest BCUT2D eigenvalue weighted by Gasteiger charge is -2.13. The quantitative estimate of drug-likeness (QED) is 0.370. The highest BCUT2D eigenvalue weighted by molar-refractivity contribution is 9.11. The molecule has 0 aromatic heterocycles. The molecule has 3 amide bonds. The second-order valence-corrected chi connectivity index (χ2v) is 8.30. The Morgan fingerprint density at radius 2 is 1.72 bits per heavy atom. The van der Waals surface area contributed by atoms with E-state index >= 15 is 0 Å². The SMILES string of the molecule is CN1C(=O)N/C(=C/c2cc(Br)c(OCc3cccc4ccccc34)c(Br)c2)C1=O. The molecule has 7 heteroatoms. The van der Waals surface area contributed by atoms with Crippen molar-refractivity contribution in [3.63, 3.8) is 0 Å². The number of likely N-dealkylation sites (N-methyl/N-ethyl adjacent to an activating group) is 1. The van der Waals surface area contributed by atoms with E-state index in [2.05, 4.69) is 55.4 Å². The van der Waals surface area contributed by atoms with Crippen molar-refractivity contribution in [2.75, 3.05) is 7.05 Å². The number of hydrogen-bond acceptors (Lipinski definition) is 3. The van der Waals surface area contributed by atoms with E-state index in [9.17, 15) is 9.59 Å². The maximum Gasteiger partial charge on any atom is 0.328 e. The maximum atomic E-state index is 12.0. The number of rotatable bonds is 4. The summed E-state index contributed by atoms with van der Waals surface area (Å²) < 4.78 is 7.56. The van der Waals surface area contributed by atoms with Crippen LogP contribution in [0.5, 0.6) is 5.75 Å². The smallest absolute Gasteiger partial charge is 0.328 e. The Labute approximate surface area is 184 Å². The van der Waals surface area contributed by atoms with Gasteiger partial charge in [-0.25, -0.2) is 4.79 Å². The van der Waals surface area contributed by atoms with Crippen molar-refractivity contribution in [1.82, 2.24) is 10.2 Å². The zero-order valence-electron chi connectivity index (χ0n) is 15.4. The van der Waals surface area contributed by atoms with Crippen LogP contribution in [0.1, 0.15) is 11.1 Å². The molecule has 5 nitrogen and oxygen atoms in total. The Balaban J connectivity index is 1.58. The highest BCUT2D eigenvalue weighted by atomic mass is 79.9. The minimum atomic E-state index is -0.436. The van der Waals surface area contributed by atoms with Crippen LogP contribution < -0.4 is 10.1 Å². The largest absolute Gasteiger partial charge is 0.487 e. The molecule has 1 aliphatic heterocycles. The van der Waals surface area contributed by atoms with Gasteiger partial charge in [-0.05, 0) is 72.0 Å². The third-order valence-electron chi connectivity index (χ3n) is 4.66. The fourth-order valence-electron chi connectivity index (χ4n) is 3.16. The summed E-state index contributed by atoms with van der Waals surface area (Å²) in [6.07, 6.45) is 1.63. The van der Waals surface area contributed by atoms with Gasteiger partial charge in [-0.3, -0.25) is 9.69 Å². The van der Waals surface area contributed by atoms with Crippen LogP contribution in [0.15, 0.2) is 69.2 Å². The van der Waals surface area contributed by atoms with Gasteiger partial charge in [-0.1, -0.05) is 42.5 Å². The Morgan fingerprint density at radius 1 is 1.03 bits per heavy atom. The lowest BCUT2D eigenvalue weighted by molar-refractivity contribution is -0.121. The van der Waals surface area contributed by atoms with Gasteiger partial charge >= 0.3 is 6.03 Å². The van der Waals surface area contributed by atoms with Gasteiger partial charge in [0.25, 0.3) is 5.91 Å². The van der Waals surface area contributed by atoms with E-state index in [4.69, 9.17) is 4.74 Å². The van der Waals surface area contributed by atoms with Gasteiger partial charge < -0.3 is 10.1 Å². The van der Waals surface area contributed by atoms with Crippen molar-refractivity contribution in [1.29, 1.82) is 0 Å². The van der Waals surface area contributed by atoms with E-state index in [0.717, 1.165) is 30.4 Å². The van der Waals surface area contributed by atoms with Gasteiger partial charge in [0, 0.05) is 7.05 Å². The molecule has 3 aromatic rings. The van der Waals surface area contributed by atoms with Crippen molar-refractivity contribution in [2.24, 2.45) is 0 Å². The zero-order valence-corrected chi connectivity index (χ0v) is 18.6. The van der Waals surface area contributed by atoms with Gasteiger partial charge in [-0.2, -0.15) is 0 Å². The van der Waals surface area contributed by atoms with E-state index in [1.165, 1.54) is 12.4 Å². The number of nitrogens with zero attached hydrogens (tertiary/aromatic N) is 1. The molecule has 0 unspecified atom stereocenters. The number of urea groups is 1. The number of ether oxygens (including phenoxy) is 1. The number of benzene rings is 3. The molecule has 0 radical (unpaired) electrons. The molecule has 4 rings (SSSR count). The molecule has 0 spiro atoms. The van der Waals surface area contributed by atoms with Gasteiger partial charge in [0.2, 0.25) is 0 Å². The van der Waals surface area contributed by atoms with Crippen LogP contribution in [0.2, 0.25) is 0 Å². The van der Waals surface area contributed by atoms with Gasteiger partial charge in [0.1, 0.15) is 18.1 Å². The van der Waals surface area contributed by atoms with E-state index < -0.39 is 6.03 Å². The van der Waals surface area contributed by atoms with Crippen molar-refractivity contribution in [3.05, 3.63) is 80.4 Å². The molecule has 146 valence electrons. The molecule has 1 heterocycles. The normalized spacial score (nSPS) is 15.3. The number of fused-ring (bicyclic) bond motifs is 1. The number of imide groups is 1. The first-order chi connectivity index (χ1) is 13.9. The highest BCUT2D eigenvalue weighted by Crippen LogP contribution is 2.36. The van der Waals surface area contributed by atoms with Gasteiger partial charge in [0.05, 0.1) is 8.95 Å². The lowest BCUT2D eigenvalue weighted by atomic mass is 10.1. The first kappa shape index (κ1) is 19.7. The lowest BCUT2D eigenvalue weighted by Crippen LogP contribution is -2.25. The molecular formula is C22H16Br2N2O3. The molecule has 0 bridgehead atoms. The highest BCUT2D eigenvalue weighted by Gasteiger charge is 2.30. The van der Waals surface area contributed by atoms with Crippen molar-refractivity contribution < 1.29 is 14.3 Å². The molecule has 0 atom stereocenters. The first-order valence-electron chi connectivity index (χ1n) is 8.83. The third kappa shape index (κ3) is 3.93. The summed E-state index contributed by atoms with van der Waals surface area (Å²) in [5.41, 5.74) is 2.08. The van der Waals surface area contributed by atoms with Crippen LogP contribution in [0, 0.1) is 0 Å². The number of nitrogens with one attached hydrogen (secondary N) is 1. The number of amides is 3. The van der Waals surface area contributed by atoms with Crippen LogP contribution in [-0.4, -0.2) is 23.9 Å². The molecule has 1 fully saturated rings. The number of hydrogen-bond donors (Lipinski definition) is 1. The Bertz CT molecular complexity index is 1150. The molecule has 29 heavy (non-hydrogen) atoms. The Morgan fingerprint density at radius 3 is 2.41 bits per heavy atom. The Hall–Kier alpha value is -2.64. The summed E-state index contributed by atoms with van der Waals surface area (Å²) in [5, 5.41) is 4.88. The van der Waals surface area contributed by atoms with Crippen molar-refractivity contribution >= 4 is 60.6 Å². The van der Waals surface area contributed by atoms with E-state index in [-0.39, 0.29) is 11.6 Å². The number of carbonyl (C=O) groups excluding carboxylic acids is 2. The fraction of sp³-hybridized carbons (Fsp3) is 0.0909. The molecule has 3 aromatic carbocycles. The molecule has 0 aliphatic carbocycles. The van der Waals surface area contributed by atoms with Crippen LogP contribution in [0.4, 0.5) is 4.79 Å². The summed E-state index contributed by atoms with van der Waals surface area (Å²) in [6.45, 7) is 0.415. The zero-order chi connectivity index (χ0) is 20.5. The summed E-state index contributed by atoms with van der Waals surface area (Å²) in [6, 6.07) is 17.6. The predicted molar refractivity (Wildman–Crippen MR) is 119 cm³/mol. The van der Waals surface area contributed by atoms with Crippen LogP contribution in [0.3, 0.4) is 0 Å². The van der Waals surface area contributed by atoms with Crippen LogP contribution in [0.25, 0.3) is 16.8 Å². The molecule has 1 aliphatic rings. The van der Waals surface area contributed by atoms with Crippen LogP contribution >= 0.6 is 31.9 Å². The fourth-order valence-corrected chi connectivity index (χ4v) is 4.61. The monoisotopic (exact) mass is 514 g/mol. The Kier molecular flexibility index (Phi) is 5.43. The molecule has 0 saturated carbocycles. The molecular weight excluding hydrogens is 500 g/mol. The minimum absolute atomic E-state index is 0.237. The predicted octanol–water partition coefficient (Wildman–Crippen LogP) is 5.47. The summed E-state index contributed by atoms with van der Waals surface area (Å²) >= 11 is 7.09. The topological polar surface area (TPSA) is 58.6 Å². The maximum absolute atomic E-state index is 12.0. The van der Waals surface area contributed by atoms with E-state index in [1.54, 1.807) is 6.08 Å². The standard InChI is InChI=1S/C22H16Br2N2O3/c1-26-21(27)19(25-22(26)28)11-13-9-17(23)20(18(24)10-13)29-12-15-7-4-6-14-5-2-3-8-16(14)15/h2-11H,12H2,1H3,(H,25,28)/b19-11+. The molecule has 1 N–H and O–H groups in total. The van der Waals surface area contributed by atoms with Crippen molar-refractivity contribution in [2.45, 2.75) is 6.61 Å². The number of carbonyl (C=O) groups is 2. The van der Waals surface area contributed by atoms with Crippen molar-refractivity contribution in [3.8, 4) is 5.75 Å². The van der Waals surface area contributed by atoms with Gasteiger partial charge in [-0.15, -0.1) is 0 Å². The second kappa shape index (κ2) is 8.00. The molecule has 1 saturated heterocycles. The van der Waals surface area contributed by atoms with E-state index in [0.29, 0.717) is 12.4 Å². The average molecular weight is 516 g/mol. The number of halogens is 2. The average Bonchev–Trinajstić information content (AvgIpc) is 2.94. The summed E-state index contributed by atoms with van der Waals surface area (Å²) in [4.78, 5) is 24.7. The summed E-state index contributed by atoms with van der Waals surface area (Å²) in [5.74, 6) is 0.303. The third-order valence-corrected chi connectivity index (χ3v) is 5.84. The van der Waals surface area contributed by atoms with Crippen LogP contribution in [-0.2, 0) is 11.4 Å².